The zero-order valence-electron chi connectivity index (χ0n) is 10.8. The summed E-state index contributed by atoms with van der Waals surface area (Å²) in [5.74, 6) is 2.01. The standard InChI is InChI=1S/C14H21NO2S/c1-12-5-2-6-13(11-12)15-14(17)7-3-9-18-10-4-8-16/h2,5-6,11,16H,3-4,7-10H2,1H3,(H,15,17). The van der Waals surface area contributed by atoms with Gasteiger partial charge in [-0.25, -0.2) is 0 Å². The Labute approximate surface area is 113 Å². The van der Waals surface area contributed by atoms with Gasteiger partial charge in [0.05, 0.1) is 0 Å². The molecule has 2 N–H and O–H groups in total. The van der Waals surface area contributed by atoms with Crippen LogP contribution in [0.1, 0.15) is 24.8 Å². The Morgan fingerprint density at radius 3 is 2.83 bits per heavy atom. The molecule has 0 aliphatic heterocycles. The topological polar surface area (TPSA) is 49.3 Å². The molecule has 0 heterocycles. The zero-order chi connectivity index (χ0) is 13.2. The molecular formula is C14H21NO2S. The van der Waals surface area contributed by atoms with Gasteiger partial charge in [-0.1, -0.05) is 12.1 Å². The summed E-state index contributed by atoms with van der Waals surface area (Å²) in [5, 5.41) is 11.5. The third kappa shape index (κ3) is 6.67. The van der Waals surface area contributed by atoms with Crippen molar-refractivity contribution in [2.75, 3.05) is 23.4 Å². The van der Waals surface area contributed by atoms with Crippen molar-refractivity contribution in [3.8, 4) is 0 Å². The number of thioether (sulfide) groups is 1. The predicted molar refractivity (Wildman–Crippen MR) is 78.1 cm³/mol. The number of aliphatic hydroxyl groups excluding tert-OH is 1. The number of carbonyl (C=O) groups excluding carboxylic acids is 1. The Kier molecular flexibility index (Phi) is 7.53. The van der Waals surface area contributed by atoms with Crippen molar-refractivity contribution in [3.05, 3.63) is 29.8 Å². The number of hydrogen-bond donors (Lipinski definition) is 2. The highest BCUT2D eigenvalue weighted by atomic mass is 32.2. The molecule has 0 atom stereocenters. The number of aryl methyl sites for hydroxylation is 1. The van der Waals surface area contributed by atoms with Gasteiger partial charge in [0, 0.05) is 18.7 Å². The lowest BCUT2D eigenvalue weighted by molar-refractivity contribution is -0.116. The fourth-order valence-electron chi connectivity index (χ4n) is 1.55. The van der Waals surface area contributed by atoms with Crippen molar-refractivity contribution in [2.24, 2.45) is 0 Å². The summed E-state index contributed by atoms with van der Waals surface area (Å²) in [4.78, 5) is 11.7. The molecule has 0 unspecified atom stereocenters. The van der Waals surface area contributed by atoms with Crippen molar-refractivity contribution in [1.82, 2.24) is 0 Å². The summed E-state index contributed by atoms with van der Waals surface area (Å²) in [6, 6.07) is 7.82. The molecule has 0 saturated heterocycles. The lowest BCUT2D eigenvalue weighted by Crippen LogP contribution is -2.11. The van der Waals surface area contributed by atoms with Gasteiger partial charge in [0.1, 0.15) is 0 Å². The highest BCUT2D eigenvalue weighted by Crippen LogP contribution is 2.11. The summed E-state index contributed by atoms with van der Waals surface area (Å²) >= 11 is 1.79. The number of benzene rings is 1. The van der Waals surface area contributed by atoms with Crippen LogP contribution >= 0.6 is 11.8 Å². The normalized spacial score (nSPS) is 10.3. The molecule has 0 fully saturated rings. The quantitative estimate of drug-likeness (QED) is 0.712. The molecule has 0 radical (unpaired) electrons. The SMILES string of the molecule is Cc1cccc(NC(=O)CCCSCCCO)c1. The highest BCUT2D eigenvalue weighted by molar-refractivity contribution is 7.99. The Balaban J connectivity index is 2.14. The highest BCUT2D eigenvalue weighted by Gasteiger charge is 2.02. The van der Waals surface area contributed by atoms with Crippen LogP contribution in [0.4, 0.5) is 5.69 Å². The zero-order valence-corrected chi connectivity index (χ0v) is 11.6. The maximum atomic E-state index is 11.7. The summed E-state index contributed by atoms with van der Waals surface area (Å²) in [7, 11) is 0. The minimum Gasteiger partial charge on any atom is -0.396 e. The van der Waals surface area contributed by atoms with Crippen LogP contribution in [0.15, 0.2) is 24.3 Å². The average molecular weight is 267 g/mol. The fourth-order valence-corrected chi connectivity index (χ4v) is 2.44. The van der Waals surface area contributed by atoms with E-state index in [1.807, 2.05) is 31.2 Å². The van der Waals surface area contributed by atoms with E-state index >= 15 is 0 Å². The molecule has 4 heteroatoms. The number of rotatable bonds is 8. The number of nitrogens with one attached hydrogen (secondary N) is 1. The minimum absolute atomic E-state index is 0.0726. The fraction of sp³-hybridized carbons (Fsp3) is 0.500. The second kappa shape index (κ2) is 9.00. The van der Waals surface area contributed by atoms with E-state index in [9.17, 15) is 4.79 Å². The number of amides is 1. The van der Waals surface area contributed by atoms with E-state index in [2.05, 4.69) is 5.32 Å². The van der Waals surface area contributed by atoms with E-state index in [1.54, 1.807) is 11.8 Å². The van der Waals surface area contributed by atoms with Gasteiger partial charge in [-0.2, -0.15) is 11.8 Å². The second-order valence-corrected chi connectivity index (χ2v) is 5.44. The van der Waals surface area contributed by atoms with Crippen molar-refractivity contribution < 1.29 is 9.90 Å². The number of carbonyl (C=O) groups is 1. The first-order chi connectivity index (χ1) is 8.72. The van der Waals surface area contributed by atoms with Crippen molar-refractivity contribution in [3.63, 3.8) is 0 Å². The average Bonchev–Trinajstić information content (AvgIpc) is 2.33. The number of hydrogen-bond acceptors (Lipinski definition) is 3. The molecule has 1 aromatic carbocycles. The first kappa shape index (κ1) is 15.1. The summed E-state index contributed by atoms with van der Waals surface area (Å²) in [5.41, 5.74) is 2.01. The van der Waals surface area contributed by atoms with Gasteiger partial charge in [-0.05, 0) is 49.0 Å². The molecule has 0 bridgehead atoms. The summed E-state index contributed by atoms with van der Waals surface area (Å²) in [6.07, 6.45) is 2.27. The molecular weight excluding hydrogens is 246 g/mol. The van der Waals surface area contributed by atoms with Crippen LogP contribution in [0.2, 0.25) is 0 Å². The van der Waals surface area contributed by atoms with Gasteiger partial charge in [-0.3, -0.25) is 4.79 Å². The van der Waals surface area contributed by atoms with E-state index < -0.39 is 0 Å². The second-order valence-electron chi connectivity index (χ2n) is 4.21. The monoisotopic (exact) mass is 267 g/mol. The van der Waals surface area contributed by atoms with Crippen LogP contribution in [0, 0.1) is 6.92 Å². The molecule has 0 aromatic heterocycles. The van der Waals surface area contributed by atoms with Crippen LogP contribution in [0.3, 0.4) is 0 Å². The molecule has 100 valence electrons. The van der Waals surface area contributed by atoms with E-state index in [-0.39, 0.29) is 12.5 Å². The van der Waals surface area contributed by atoms with Crippen LogP contribution in [-0.2, 0) is 4.79 Å². The van der Waals surface area contributed by atoms with Crippen LogP contribution in [-0.4, -0.2) is 29.1 Å². The molecule has 0 aliphatic rings. The van der Waals surface area contributed by atoms with Crippen molar-refractivity contribution in [2.45, 2.75) is 26.2 Å². The Morgan fingerprint density at radius 2 is 2.11 bits per heavy atom. The predicted octanol–water partition coefficient (Wildman–Crippen LogP) is 2.83. The van der Waals surface area contributed by atoms with Gasteiger partial charge in [0.25, 0.3) is 0 Å². The molecule has 1 aromatic rings. The maximum absolute atomic E-state index is 11.7. The Bertz CT molecular complexity index is 369. The first-order valence-electron chi connectivity index (χ1n) is 6.27. The van der Waals surface area contributed by atoms with E-state index in [0.717, 1.165) is 35.6 Å². The molecule has 3 nitrogen and oxygen atoms in total. The maximum Gasteiger partial charge on any atom is 0.224 e. The van der Waals surface area contributed by atoms with Gasteiger partial charge in [0.15, 0.2) is 0 Å². The molecule has 18 heavy (non-hydrogen) atoms. The van der Waals surface area contributed by atoms with Crippen LogP contribution in [0.25, 0.3) is 0 Å². The lowest BCUT2D eigenvalue weighted by Gasteiger charge is -2.05. The van der Waals surface area contributed by atoms with Crippen molar-refractivity contribution >= 4 is 23.4 Å². The lowest BCUT2D eigenvalue weighted by atomic mass is 10.2. The third-order valence-electron chi connectivity index (χ3n) is 2.44. The largest absolute Gasteiger partial charge is 0.396 e. The van der Waals surface area contributed by atoms with E-state index in [0.29, 0.717) is 6.42 Å². The molecule has 0 saturated carbocycles. The molecule has 1 rings (SSSR count). The van der Waals surface area contributed by atoms with Gasteiger partial charge >= 0.3 is 0 Å². The summed E-state index contributed by atoms with van der Waals surface area (Å²) in [6.45, 7) is 2.26. The molecule has 0 aliphatic carbocycles. The minimum atomic E-state index is 0.0726. The third-order valence-corrected chi connectivity index (χ3v) is 3.60. The summed E-state index contributed by atoms with van der Waals surface area (Å²) < 4.78 is 0. The van der Waals surface area contributed by atoms with Crippen LogP contribution < -0.4 is 5.32 Å². The van der Waals surface area contributed by atoms with E-state index in [4.69, 9.17) is 5.11 Å². The number of aliphatic hydroxyl groups is 1. The van der Waals surface area contributed by atoms with Gasteiger partial charge < -0.3 is 10.4 Å². The van der Waals surface area contributed by atoms with Crippen molar-refractivity contribution in [1.29, 1.82) is 0 Å². The molecule has 0 spiro atoms. The Morgan fingerprint density at radius 1 is 1.33 bits per heavy atom. The first-order valence-corrected chi connectivity index (χ1v) is 7.43. The van der Waals surface area contributed by atoms with Gasteiger partial charge in [0.2, 0.25) is 5.91 Å². The number of anilines is 1. The smallest absolute Gasteiger partial charge is 0.224 e. The van der Waals surface area contributed by atoms with Crippen LogP contribution in [0.5, 0.6) is 0 Å². The van der Waals surface area contributed by atoms with E-state index in [1.165, 1.54) is 0 Å². The van der Waals surface area contributed by atoms with Gasteiger partial charge in [-0.15, -0.1) is 0 Å². The molecule has 1 amide bonds. The Hall–Kier alpha value is -1.00.